The lowest BCUT2D eigenvalue weighted by molar-refractivity contribution is -0.121. The van der Waals surface area contributed by atoms with Crippen LogP contribution in [0.25, 0.3) is 0 Å². The Kier molecular flexibility index (Phi) is 3.57. The van der Waals surface area contributed by atoms with Gasteiger partial charge in [0.1, 0.15) is 0 Å². The largest absolute Gasteiger partial charge is 0.389 e. The topological polar surface area (TPSA) is 58.3 Å². The van der Waals surface area contributed by atoms with E-state index in [-0.39, 0.29) is 5.41 Å². The van der Waals surface area contributed by atoms with Crippen molar-refractivity contribution in [1.82, 2.24) is 5.32 Å². The highest BCUT2D eigenvalue weighted by Gasteiger charge is 2.50. The molecular formula is C13H26N2O. The second kappa shape index (κ2) is 4.63. The van der Waals surface area contributed by atoms with Crippen LogP contribution in [0.15, 0.2) is 0 Å². The van der Waals surface area contributed by atoms with Gasteiger partial charge >= 0.3 is 0 Å². The summed E-state index contributed by atoms with van der Waals surface area (Å²) in [7, 11) is 0. The van der Waals surface area contributed by atoms with E-state index in [0.29, 0.717) is 6.54 Å². The van der Waals surface area contributed by atoms with Gasteiger partial charge < -0.3 is 16.2 Å². The summed E-state index contributed by atoms with van der Waals surface area (Å²) in [5.41, 5.74) is 5.51. The van der Waals surface area contributed by atoms with Crippen LogP contribution in [-0.2, 0) is 0 Å². The molecule has 3 heteroatoms. The van der Waals surface area contributed by atoms with E-state index in [4.69, 9.17) is 5.73 Å². The quantitative estimate of drug-likeness (QED) is 0.664. The molecular weight excluding hydrogens is 200 g/mol. The van der Waals surface area contributed by atoms with Crippen LogP contribution >= 0.6 is 0 Å². The van der Waals surface area contributed by atoms with Crippen molar-refractivity contribution in [3.8, 4) is 0 Å². The third kappa shape index (κ3) is 2.01. The first-order chi connectivity index (χ1) is 7.62. The van der Waals surface area contributed by atoms with Crippen molar-refractivity contribution in [3.63, 3.8) is 0 Å². The first kappa shape index (κ1) is 12.3. The molecule has 16 heavy (non-hydrogen) atoms. The van der Waals surface area contributed by atoms with Crippen LogP contribution in [-0.4, -0.2) is 30.3 Å². The van der Waals surface area contributed by atoms with Gasteiger partial charge in [-0.1, -0.05) is 19.8 Å². The maximum atomic E-state index is 10.9. The second-order valence-electron chi connectivity index (χ2n) is 5.95. The summed E-state index contributed by atoms with van der Waals surface area (Å²) in [6.07, 6.45) is 6.43. The molecule has 0 unspecified atom stereocenters. The zero-order valence-corrected chi connectivity index (χ0v) is 10.5. The van der Waals surface area contributed by atoms with Crippen LogP contribution in [0.2, 0.25) is 0 Å². The predicted molar refractivity (Wildman–Crippen MR) is 66.2 cm³/mol. The summed E-state index contributed by atoms with van der Waals surface area (Å²) in [6, 6.07) is 0. The summed E-state index contributed by atoms with van der Waals surface area (Å²) in [6.45, 7) is 4.84. The molecule has 3 nitrogen and oxygen atoms in total. The molecule has 0 bridgehead atoms. The minimum atomic E-state index is -0.507. The highest BCUT2D eigenvalue weighted by atomic mass is 16.3. The summed E-state index contributed by atoms with van der Waals surface area (Å²) in [4.78, 5) is 0. The van der Waals surface area contributed by atoms with Gasteiger partial charge in [0.05, 0.1) is 5.60 Å². The number of hydrogen-bond donors (Lipinski definition) is 3. The SMILES string of the molecule is CC1CCC(CN)(C2(O)CCNCC2)CC1. The summed E-state index contributed by atoms with van der Waals surface area (Å²) in [5.74, 6) is 0.810. The summed E-state index contributed by atoms with van der Waals surface area (Å²) in [5, 5.41) is 14.2. The minimum Gasteiger partial charge on any atom is -0.389 e. The van der Waals surface area contributed by atoms with E-state index in [0.717, 1.165) is 44.7 Å². The van der Waals surface area contributed by atoms with Crippen molar-refractivity contribution in [3.05, 3.63) is 0 Å². The normalized spacial score (nSPS) is 39.6. The van der Waals surface area contributed by atoms with Gasteiger partial charge in [-0.15, -0.1) is 0 Å². The average molecular weight is 226 g/mol. The van der Waals surface area contributed by atoms with Crippen molar-refractivity contribution in [2.75, 3.05) is 19.6 Å². The molecule has 1 saturated heterocycles. The molecule has 2 fully saturated rings. The Hall–Kier alpha value is -0.120. The fraction of sp³-hybridized carbons (Fsp3) is 1.00. The number of hydrogen-bond acceptors (Lipinski definition) is 3. The van der Waals surface area contributed by atoms with Crippen molar-refractivity contribution < 1.29 is 5.11 Å². The van der Waals surface area contributed by atoms with Crippen molar-refractivity contribution in [1.29, 1.82) is 0 Å². The van der Waals surface area contributed by atoms with Gasteiger partial charge in [0.15, 0.2) is 0 Å². The lowest BCUT2D eigenvalue weighted by atomic mass is 9.59. The third-order valence-electron chi connectivity index (χ3n) is 5.04. The predicted octanol–water partition coefficient (Wildman–Crippen LogP) is 1.26. The molecule has 0 radical (unpaired) electrons. The first-order valence-electron chi connectivity index (χ1n) is 6.75. The lowest BCUT2D eigenvalue weighted by Gasteiger charge is -2.52. The van der Waals surface area contributed by atoms with Crippen LogP contribution in [0, 0.1) is 11.3 Å². The van der Waals surface area contributed by atoms with Gasteiger partial charge in [0, 0.05) is 12.0 Å². The van der Waals surface area contributed by atoms with Crippen molar-refractivity contribution in [2.24, 2.45) is 17.1 Å². The van der Waals surface area contributed by atoms with E-state index >= 15 is 0 Å². The van der Waals surface area contributed by atoms with Gasteiger partial charge in [-0.2, -0.15) is 0 Å². The first-order valence-corrected chi connectivity index (χ1v) is 6.75. The highest BCUT2D eigenvalue weighted by Crippen LogP contribution is 2.49. The van der Waals surface area contributed by atoms with Gasteiger partial charge in [-0.25, -0.2) is 0 Å². The monoisotopic (exact) mass is 226 g/mol. The smallest absolute Gasteiger partial charge is 0.0739 e. The maximum absolute atomic E-state index is 10.9. The number of aliphatic hydroxyl groups is 1. The minimum absolute atomic E-state index is 0.00160. The average Bonchev–Trinajstić information content (AvgIpc) is 2.31. The van der Waals surface area contributed by atoms with Gasteiger partial charge in [-0.3, -0.25) is 0 Å². The van der Waals surface area contributed by atoms with Gasteiger partial charge in [-0.05, 0) is 44.7 Å². The second-order valence-corrected chi connectivity index (χ2v) is 5.95. The van der Waals surface area contributed by atoms with Crippen LogP contribution in [0.5, 0.6) is 0 Å². The molecule has 0 atom stereocenters. The molecule has 1 heterocycles. The Morgan fingerprint density at radius 1 is 1.19 bits per heavy atom. The fourth-order valence-electron chi connectivity index (χ4n) is 3.54. The van der Waals surface area contributed by atoms with E-state index in [2.05, 4.69) is 12.2 Å². The standard InChI is InChI=1S/C13H26N2O/c1-11-2-4-12(10-14,5-3-11)13(16)6-8-15-9-7-13/h11,15-16H,2-10,14H2,1H3. The number of rotatable bonds is 2. The number of nitrogens with two attached hydrogens (primary N) is 1. The molecule has 0 aromatic heterocycles. The van der Waals surface area contributed by atoms with E-state index in [1.807, 2.05) is 0 Å². The lowest BCUT2D eigenvalue weighted by Crippen LogP contribution is -2.58. The van der Waals surface area contributed by atoms with Crippen LogP contribution in [0.4, 0.5) is 0 Å². The zero-order valence-electron chi connectivity index (χ0n) is 10.5. The molecule has 0 aromatic rings. The molecule has 2 rings (SSSR count). The Morgan fingerprint density at radius 2 is 1.75 bits per heavy atom. The molecule has 94 valence electrons. The van der Waals surface area contributed by atoms with Crippen molar-refractivity contribution >= 4 is 0 Å². The Balaban J connectivity index is 2.13. The van der Waals surface area contributed by atoms with Crippen LogP contribution in [0.1, 0.15) is 45.4 Å². The van der Waals surface area contributed by atoms with E-state index < -0.39 is 5.60 Å². The molecule has 4 N–H and O–H groups in total. The molecule has 1 aliphatic carbocycles. The number of nitrogens with one attached hydrogen (secondary N) is 1. The summed E-state index contributed by atoms with van der Waals surface area (Å²) >= 11 is 0. The summed E-state index contributed by atoms with van der Waals surface area (Å²) < 4.78 is 0. The van der Waals surface area contributed by atoms with E-state index in [9.17, 15) is 5.11 Å². The third-order valence-corrected chi connectivity index (χ3v) is 5.04. The Morgan fingerprint density at radius 3 is 2.25 bits per heavy atom. The Labute approximate surface area is 98.8 Å². The molecule has 0 aromatic carbocycles. The van der Waals surface area contributed by atoms with Crippen molar-refractivity contribution in [2.45, 2.75) is 51.0 Å². The zero-order chi connectivity index (χ0) is 11.6. The van der Waals surface area contributed by atoms with E-state index in [1.54, 1.807) is 0 Å². The molecule has 1 saturated carbocycles. The van der Waals surface area contributed by atoms with Gasteiger partial charge in [0.25, 0.3) is 0 Å². The molecule has 1 aliphatic heterocycles. The fourth-order valence-corrected chi connectivity index (χ4v) is 3.54. The molecule has 0 amide bonds. The van der Waals surface area contributed by atoms with Crippen LogP contribution < -0.4 is 11.1 Å². The highest BCUT2D eigenvalue weighted by molar-refractivity contribution is 5.03. The van der Waals surface area contributed by atoms with Crippen LogP contribution in [0.3, 0.4) is 0 Å². The van der Waals surface area contributed by atoms with Gasteiger partial charge in [0.2, 0.25) is 0 Å². The maximum Gasteiger partial charge on any atom is 0.0739 e. The molecule has 2 aliphatic rings. The van der Waals surface area contributed by atoms with E-state index in [1.165, 1.54) is 12.8 Å². The molecule has 0 spiro atoms. The Bertz CT molecular complexity index is 228. The number of piperidine rings is 1.